The monoisotopic (exact) mass is 446 g/mol. The third-order valence-electron chi connectivity index (χ3n) is 7.62. The second-order valence-electron chi connectivity index (χ2n) is 9.78. The van der Waals surface area contributed by atoms with Gasteiger partial charge >= 0.3 is 0 Å². The molecule has 180 valence electrons. The molecule has 32 heavy (non-hydrogen) atoms. The van der Waals surface area contributed by atoms with Crippen LogP contribution >= 0.6 is 0 Å². The minimum absolute atomic E-state index is 0.357. The highest BCUT2D eigenvalue weighted by molar-refractivity contribution is 5.53. The topological polar surface area (TPSA) is 43.4 Å². The Morgan fingerprint density at radius 1 is 0.875 bits per heavy atom. The van der Waals surface area contributed by atoms with E-state index < -0.39 is 0 Å². The Labute approximate surface area is 194 Å². The minimum atomic E-state index is 0.357. The fourth-order valence-corrected chi connectivity index (χ4v) is 5.90. The molecule has 4 rings (SSSR count). The third-order valence-corrected chi connectivity index (χ3v) is 7.62. The van der Waals surface area contributed by atoms with E-state index in [1.54, 1.807) is 21.3 Å². The van der Waals surface area contributed by atoms with Gasteiger partial charge in [-0.05, 0) is 75.2 Å². The van der Waals surface area contributed by atoms with Gasteiger partial charge in [-0.3, -0.25) is 4.90 Å². The molecule has 3 fully saturated rings. The van der Waals surface area contributed by atoms with Crippen LogP contribution in [0.3, 0.4) is 0 Å². The maximum Gasteiger partial charge on any atom is 0.203 e. The van der Waals surface area contributed by atoms with Crippen LogP contribution in [0.4, 0.5) is 0 Å². The maximum atomic E-state index is 6.00. The average Bonchev–Trinajstić information content (AvgIpc) is 3.53. The van der Waals surface area contributed by atoms with E-state index >= 15 is 0 Å². The van der Waals surface area contributed by atoms with Crippen molar-refractivity contribution in [1.29, 1.82) is 0 Å². The molecular formula is C26H42N2O4. The van der Waals surface area contributed by atoms with Crippen molar-refractivity contribution in [1.82, 2.24) is 9.80 Å². The van der Waals surface area contributed by atoms with Gasteiger partial charge in [0.15, 0.2) is 11.5 Å². The molecule has 2 aliphatic heterocycles. The fourth-order valence-electron chi connectivity index (χ4n) is 5.90. The first-order chi connectivity index (χ1) is 15.7. The molecule has 0 aromatic heterocycles. The molecule has 6 nitrogen and oxygen atoms in total. The lowest BCUT2D eigenvalue weighted by Crippen LogP contribution is -2.43. The molecule has 0 amide bonds. The van der Waals surface area contributed by atoms with Crippen molar-refractivity contribution < 1.29 is 18.9 Å². The molecule has 0 spiro atoms. The van der Waals surface area contributed by atoms with Gasteiger partial charge in [0.05, 0.1) is 27.4 Å². The van der Waals surface area contributed by atoms with Gasteiger partial charge in [0, 0.05) is 32.3 Å². The predicted molar refractivity (Wildman–Crippen MR) is 127 cm³/mol. The number of methoxy groups -OCH3 is 3. The van der Waals surface area contributed by atoms with Crippen molar-refractivity contribution >= 4 is 0 Å². The Balaban J connectivity index is 1.41. The molecule has 1 unspecified atom stereocenters. The van der Waals surface area contributed by atoms with Crippen LogP contribution in [0.1, 0.15) is 56.9 Å². The smallest absolute Gasteiger partial charge is 0.203 e. The van der Waals surface area contributed by atoms with E-state index in [0.717, 1.165) is 49.7 Å². The highest BCUT2D eigenvalue weighted by Crippen LogP contribution is 2.38. The van der Waals surface area contributed by atoms with Gasteiger partial charge < -0.3 is 23.8 Å². The summed E-state index contributed by atoms with van der Waals surface area (Å²) < 4.78 is 22.7. The molecule has 0 radical (unpaired) electrons. The normalized spacial score (nSPS) is 23.2. The van der Waals surface area contributed by atoms with Gasteiger partial charge in [-0.2, -0.15) is 0 Å². The molecule has 1 aliphatic carbocycles. The lowest BCUT2D eigenvalue weighted by Gasteiger charge is -2.38. The minimum Gasteiger partial charge on any atom is -0.493 e. The summed E-state index contributed by atoms with van der Waals surface area (Å²) in [7, 11) is 5.02. The van der Waals surface area contributed by atoms with Crippen molar-refractivity contribution in [3.8, 4) is 17.2 Å². The number of hydrogen-bond donors (Lipinski definition) is 0. The van der Waals surface area contributed by atoms with Gasteiger partial charge in [-0.1, -0.05) is 12.8 Å². The second kappa shape index (κ2) is 11.6. The van der Waals surface area contributed by atoms with Crippen LogP contribution in [-0.2, 0) is 11.3 Å². The van der Waals surface area contributed by atoms with E-state index in [0.29, 0.717) is 11.9 Å². The second-order valence-corrected chi connectivity index (χ2v) is 9.78. The van der Waals surface area contributed by atoms with E-state index in [1.807, 2.05) is 0 Å². The summed E-state index contributed by atoms with van der Waals surface area (Å²) in [6.07, 6.45) is 11.0. The Hall–Kier alpha value is -1.50. The van der Waals surface area contributed by atoms with E-state index in [1.165, 1.54) is 70.0 Å². The van der Waals surface area contributed by atoms with Gasteiger partial charge in [-0.15, -0.1) is 0 Å². The van der Waals surface area contributed by atoms with Crippen molar-refractivity contribution in [2.75, 3.05) is 54.1 Å². The average molecular weight is 447 g/mol. The third kappa shape index (κ3) is 5.89. The summed E-state index contributed by atoms with van der Waals surface area (Å²) in [5.41, 5.74) is 1.20. The Morgan fingerprint density at radius 2 is 1.56 bits per heavy atom. The number of ether oxygens (including phenoxy) is 4. The highest BCUT2D eigenvalue weighted by Gasteiger charge is 2.29. The first-order valence-electron chi connectivity index (χ1n) is 12.6. The van der Waals surface area contributed by atoms with Crippen molar-refractivity contribution in [3.63, 3.8) is 0 Å². The zero-order valence-electron chi connectivity index (χ0n) is 20.3. The van der Waals surface area contributed by atoms with Gasteiger partial charge in [0.2, 0.25) is 5.75 Å². The van der Waals surface area contributed by atoms with E-state index in [9.17, 15) is 0 Å². The highest BCUT2D eigenvalue weighted by atomic mass is 16.5. The van der Waals surface area contributed by atoms with Crippen LogP contribution in [0.5, 0.6) is 17.2 Å². The Kier molecular flexibility index (Phi) is 8.55. The number of nitrogens with zero attached hydrogens (tertiary/aromatic N) is 2. The van der Waals surface area contributed by atoms with E-state index in [4.69, 9.17) is 18.9 Å². The standard InChI is InChI=1S/C26H42N2O4/c1-29-24-15-21(16-25(30-2)26(24)31-3)18-27(19-23-9-6-14-32-23)17-20-10-12-28(13-11-20)22-7-4-5-8-22/h15-16,20,22-23H,4-14,17-19H2,1-3H3. The van der Waals surface area contributed by atoms with Crippen molar-refractivity contribution in [2.24, 2.45) is 5.92 Å². The van der Waals surface area contributed by atoms with Crippen LogP contribution in [0.25, 0.3) is 0 Å². The zero-order chi connectivity index (χ0) is 22.3. The number of rotatable bonds is 10. The van der Waals surface area contributed by atoms with Crippen molar-refractivity contribution in [2.45, 2.75) is 70.1 Å². The van der Waals surface area contributed by atoms with Crippen LogP contribution in [0.15, 0.2) is 12.1 Å². The number of piperidine rings is 1. The van der Waals surface area contributed by atoms with E-state index in [2.05, 4.69) is 21.9 Å². The van der Waals surface area contributed by atoms with Crippen LogP contribution in [0.2, 0.25) is 0 Å². The lowest BCUT2D eigenvalue weighted by molar-refractivity contribution is 0.0539. The molecule has 6 heteroatoms. The maximum absolute atomic E-state index is 6.00. The molecular weight excluding hydrogens is 404 g/mol. The first kappa shape index (κ1) is 23.7. The quantitative estimate of drug-likeness (QED) is 0.532. The van der Waals surface area contributed by atoms with Crippen LogP contribution in [-0.4, -0.2) is 76.1 Å². The van der Waals surface area contributed by atoms with Gasteiger partial charge in [0.1, 0.15) is 0 Å². The van der Waals surface area contributed by atoms with Gasteiger partial charge in [-0.25, -0.2) is 0 Å². The molecule has 0 bridgehead atoms. The summed E-state index contributed by atoms with van der Waals surface area (Å²) in [6.45, 7) is 6.46. The first-order valence-corrected chi connectivity index (χ1v) is 12.6. The van der Waals surface area contributed by atoms with Crippen molar-refractivity contribution in [3.05, 3.63) is 17.7 Å². The number of benzene rings is 1. The zero-order valence-corrected chi connectivity index (χ0v) is 20.3. The number of hydrogen-bond acceptors (Lipinski definition) is 6. The van der Waals surface area contributed by atoms with Gasteiger partial charge in [0.25, 0.3) is 0 Å². The fraction of sp³-hybridized carbons (Fsp3) is 0.769. The molecule has 3 aliphatic rings. The van der Waals surface area contributed by atoms with E-state index in [-0.39, 0.29) is 0 Å². The SMILES string of the molecule is COc1cc(CN(CC2CCN(C3CCCC3)CC2)CC2CCCO2)cc(OC)c1OC. The Morgan fingerprint density at radius 3 is 2.12 bits per heavy atom. The molecule has 0 N–H and O–H groups in total. The predicted octanol–water partition coefficient (Wildman–Crippen LogP) is 4.35. The summed E-state index contributed by atoms with van der Waals surface area (Å²) in [4.78, 5) is 5.37. The molecule has 1 atom stereocenters. The number of likely N-dealkylation sites (tertiary alicyclic amines) is 1. The molecule has 1 aromatic rings. The summed E-state index contributed by atoms with van der Waals surface area (Å²) in [5, 5.41) is 0. The lowest BCUT2D eigenvalue weighted by atomic mass is 9.94. The largest absolute Gasteiger partial charge is 0.493 e. The summed E-state index contributed by atoms with van der Waals surface area (Å²) >= 11 is 0. The molecule has 2 heterocycles. The molecule has 1 aromatic carbocycles. The molecule has 1 saturated carbocycles. The summed E-state index contributed by atoms with van der Waals surface area (Å²) in [5.74, 6) is 2.87. The van der Waals surface area contributed by atoms with Crippen LogP contribution in [0, 0.1) is 5.92 Å². The Bertz CT molecular complexity index is 683. The summed E-state index contributed by atoms with van der Waals surface area (Å²) in [6, 6.07) is 5.04. The molecule has 2 saturated heterocycles. The van der Waals surface area contributed by atoms with Crippen LogP contribution < -0.4 is 14.2 Å².